The first-order valence-corrected chi connectivity index (χ1v) is 10.8. The van der Waals surface area contributed by atoms with Crippen LogP contribution in [0.4, 0.5) is 5.69 Å². The minimum absolute atomic E-state index is 0.00714. The number of hydrogen-bond acceptors (Lipinski definition) is 7. The van der Waals surface area contributed by atoms with Crippen molar-refractivity contribution in [3.05, 3.63) is 59.6 Å². The van der Waals surface area contributed by atoms with E-state index in [1.54, 1.807) is 70.3 Å². The summed E-state index contributed by atoms with van der Waals surface area (Å²) in [4.78, 5) is 18.6. The first-order chi connectivity index (χ1) is 16.0. The Balaban J connectivity index is 1.51. The van der Waals surface area contributed by atoms with Crippen molar-refractivity contribution in [3.63, 3.8) is 0 Å². The fraction of sp³-hybridized carbons (Fsp3) is 0.273. The second-order valence-corrected chi connectivity index (χ2v) is 8.14. The third-order valence-corrected chi connectivity index (χ3v) is 5.81. The van der Waals surface area contributed by atoms with E-state index < -0.39 is 6.23 Å². The van der Waals surface area contributed by atoms with E-state index in [4.69, 9.17) is 16.3 Å². The zero-order valence-corrected chi connectivity index (χ0v) is 18.6. The van der Waals surface area contributed by atoms with E-state index in [1.165, 1.54) is 0 Å². The number of rotatable bonds is 7. The predicted octanol–water partition coefficient (Wildman–Crippen LogP) is 2.59. The Labute approximate surface area is 194 Å². The number of amides is 1. The number of aromatic nitrogens is 5. The maximum Gasteiger partial charge on any atom is 0.244 e. The van der Waals surface area contributed by atoms with E-state index in [0.717, 1.165) is 19.5 Å². The summed E-state index contributed by atoms with van der Waals surface area (Å²) < 4.78 is 8.64. The van der Waals surface area contributed by atoms with Crippen LogP contribution >= 0.6 is 11.6 Å². The monoisotopic (exact) mass is 467 g/mol. The van der Waals surface area contributed by atoms with Gasteiger partial charge in [0.15, 0.2) is 11.9 Å². The Hall–Kier alpha value is -3.63. The van der Waals surface area contributed by atoms with E-state index in [9.17, 15) is 9.90 Å². The van der Waals surface area contributed by atoms with Crippen LogP contribution in [0.2, 0.25) is 5.02 Å². The summed E-state index contributed by atoms with van der Waals surface area (Å²) in [6.07, 6.45) is 6.52. The number of likely N-dealkylation sites (tertiary alicyclic amines) is 1. The maximum absolute atomic E-state index is 12.5. The molecule has 1 unspecified atom stereocenters. The molecule has 0 bridgehead atoms. The summed E-state index contributed by atoms with van der Waals surface area (Å²) in [5.41, 5.74) is 2.67. The Morgan fingerprint density at radius 2 is 2.21 bits per heavy atom. The van der Waals surface area contributed by atoms with Gasteiger partial charge in [0.2, 0.25) is 5.91 Å². The second-order valence-electron chi connectivity index (χ2n) is 7.70. The van der Waals surface area contributed by atoms with Gasteiger partial charge in [-0.15, -0.1) is 0 Å². The smallest absolute Gasteiger partial charge is 0.244 e. The number of ether oxygens (including phenoxy) is 1. The van der Waals surface area contributed by atoms with Gasteiger partial charge in [0.25, 0.3) is 0 Å². The second kappa shape index (κ2) is 8.72. The Morgan fingerprint density at radius 1 is 1.36 bits per heavy atom. The van der Waals surface area contributed by atoms with Gasteiger partial charge in [-0.1, -0.05) is 11.6 Å². The highest BCUT2D eigenvalue weighted by atomic mass is 35.5. The van der Waals surface area contributed by atoms with E-state index in [1.807, 2.05) is 0 Å². The molecule has 1 aliphatic rings. The van der Waals surface area contributed by atoms with Gasteiger partial charge >= 0.3 is 0 Å². The summed E-state index contributed by atoms with van der Waals surface area (Å²) in [6.45, 7) is 1.62. The maximum atomic E-state index is 12.5. The molecule has 11 heteroatoms. The molecule has 1 saturated heterocycles. The number of carbonyl (C=O) groups is 1. The number of benzene rings is 1. The zero-order chi connectivity index (χ0) is 22.9. The number of nitrogens with zero attached hydrogens (tertiary/aromatic N) is 6. The standard InChI is InChI=1S/C22H22ClN7O3/c1-33-18-5-4-14(23)10-15(18)20-17(12-29(27-20)13-19(31)28-7-3-8-28)26-22(32)16-11-25-30-9-2-6-24-21(16)30/h2,4-6,9-12,22,26,32H,3,7-8,13H2,1H3. The largest absolute Gasteiger partial charge is 0.496 e. The van der Waals surface area contributed by atoms with Crippen molar-refractivity contribution in [2.45, 2.75) is 19.2 Å². The molecule has 4 aromatic rings. The first kappa shape index (κ1) is 21.2. The number of anilines is 1. The van der Waals surface area contributed by atoms with Crippen molar-refractivity contribution in [1.82, 2.24) is 29.3 Å². The van der Waals surface area contributed by atoms with Gasteiger partial charge in [-0.05, 0) is 30.7 Å². The molecule has 0 radical (unpaired) electrons. The fourth-order valence-electron chi connectivity index (χ4n) is 3.74. The van der Waals surface area contributed by atoms with E-state index in [0.29, 0.717) is 38.9 Å². The zero-order valence-electron chi connectivity index (χ0n) is 17.8. The van der Waals surface area contributed by atoms with Crippen LogP contribution < -0.4 is 10.1 Å². The number of aliphatic hydroxyl groups is 1. The summed E-state index contributed by atoms with van der Waals surface area (Å²) >= 11 is 6.25. The highest BCUT2D eigenvalue weighted by Crippen LogP contribution is 2.37. The molecule has 0 saturated carbocycles. The molecule has 1 atom stereocenters. The number of aliphatic hydroxyl groups excluding tert-OH is 1. The van der Waals surface area contributed by atoms with Crippen LogP contribution in [0.5, 0.6) is 5.75 Å². The fourth-order valence-corrected chi connectivity index (χ4v) is 3.91. The number of methoxy groups -OCH3 is 1. The molecule has 10 nitrogen and oxygen atoms in total. The highest BCUT2D eigenvalue weighted by Gasteiger charge is 2.24. The minimum Gasteiger partial charge on any atom is -0.496 e. The number of hydrogen-bond donors (Lipinski definition) is 2. The lowest BCUT2D eigenvalue weighted by atomic mass is 10.1. The molecule has 2 N–H and O–H groups in total. The lowest BCUT2D eigenvalue weighted by Crippen LogP contribution is -2.43. The van der Waals surface area contributed by atoms with Gasteiger partial charge in [0.05, 0.1) is 24.6 Å². The molecule has 1 fully saturated rings. The van der Waals surface area contributed by atoms with Crippen molar-refractivity contribution in [2.24, 2.45) is 0 Å². The molecular weight excluding hydrogens is 446 g/mol. The SMILES string of the molecule is COc1ccc(Cl)cc1-c1nn(CC(=O)N2CCC2)cc1NC(O)c1cnn2cccnc12. The molecule has 1 aromatic carbocycles. The van der Waals surface area contributed by atoms with Crippen LogP contribution in [-0.4, -0.2) is 60.5 Å². The molecule has 0 aliphatic carbocycles. The topological polar surface area (TPSA) is 110 Å². The number of carbonyl (C=O) groups excluding carboxylic acids is 1. The van der Waals surface area contributed by atoms with Crippen molar-refractivity contribution >= 4 is 28.8 Å². The summed E-state index contributed by atoms with van der Waals surface area (Å²) in [5, 5.41) is 23.4. The number of nitrogens with one attached hydrogen (secondary N) is 1. The van der Waals surface area contributed by atoms with Gasteiger partial charge in [0.1, 0.15) is 18.0 Å². The average Bonchev–Trinajstić information content (AvgIpc) is 3.36. The van der Waals surface area contributed by atoms with Crippen LogP contribution in [-0.2, 0) is 11.3 Å². The molecule has 170 valence electrons. The van der Waals surface area contributed by atoms with E-state index >= 15 is 0 Å². The van der Waals surface area contributed by atoms with Crippen LogP contribution in [0.1, 0.15) is 18.2 Å². The van der Waals surface area contributed by atoms with Crippen molar-refractivity contribution in [1.29, 1.82) is 0 Å². The lowest BCUT2D eigenvalue weighted by Gasteiger charge is -2.30. The third kappa shape index (κ3) is 4.10. The minimum atomic E-state index is -1.12. The molecular formula is C22H22ClN7O3. The first-order valence-electron chi connectivity index (χ1n) is 10.5. The molecule has 4 heterocycles. The summed E-state index contributed by atoms with van der Waals surface area (Å²) in [7, 11) is 1.56. The molecule has 3 aromatic heterocycles. The quantitative estimate of drug-likeness (QED) is 0.402. The van der Waals surface area contributed by atoms with Crippen LogP contribution in [0.15, 0.2) is 49.1 Å². The van der Waals surface area contributed by atoms with Crippen LogP contribution in [0.3, 0.4) is 0 Å². The van der Waals surface area contributed by atoms with Gasteiger partial charge in [-0.25, -0.2) is 9.50 Å². The van der Waals surface area contributed by atoms with Gasteiger partial charge < -0.3 is 20.1 Å². The van der Waals surface area contributed by atoms with Crippen molar-refractivity contribution in [3.8, 4) is 17.0 Å². The Morgan fingerprint density at radius 3 is 2.97 bits per heavy atom. The van der Waals surface area contributed by atoms with E-state index in [-0.39, 0.29) is 12.5 Å². The lowest BCUT2D eigenvalue weighted by molar-refractivity contribution is -0.135. The molecule has 1 aliphatic heterocycles. The van der Waals surface area contributed by atoms with Crippen molar-refractivity contribution in [2.75, 3.05) is 25.5 Å². The number of halogens is 1. The predicted molar refractivity (Wildman–Crippen MR) is 122 cm³/mol. The van der Waals surface area contributed by atoms with Gasteiger partial charge in [-0.2, -0.15) is 10.2 Å². The molecule has 33 heavy (non-hydrogen) atoms. The highest BCUT2D eigenvalue weighted by molar-refractivity contribution is 6.31. The van der Waals surface area contributed by atoms with Gasteiger partial charge in [0, 0.05) is 42.3 Å². The molecule has 1 amide bonds. The average molecular weight is 468 g/mol. The van der Waals surface area contributed by atoms with Crippen LogP contribution in [0, 0.1) is 0 Å². The van der Waals surface area contributed by atoms with Crippen LogP contribution in [0.25, 0.3) is 16.9 Å². The number of fused-ring (bicyclic) bond motifs is 1. The Bertz CT molecular complexity index is 1310. The van der Waals surface area contributed by atoms with E-state index in [2.05, 4.69) is 20.5 Å². The molecule has 5 rings (SSSR count). The Kier molecular flexibility index (Phi) is 5.61. The normalized spacial score (nSPS) is 14.2. The molecule has 0 spiro atoms. The van der Waals surface area contributed by atoms with Gasteiger partial charge in [-0.3, -0.25) is 9.48 Å². The summed E-state index contributed by atoms with van der Waals surface area (Å²) in [6, 6.07) is 6.96. The third-order valence-electron chi connectivity index (χ3n) is 5.58. The van der Waals surface area contributed by atoms with Crippen molar-refractivity contribution < 1.29 is 14.6 Å². The summed E-state index contributed by atoms with van der Waals surface area (Å²) in [5.74, 6) is 0.557.